The van der Waals surface area contributed by atoms with Crippen LogP contribution in [0.3, 0.4) is 0 Å². The number of hydrogen-bond donors (Lipinski definition) is 0. The van der Waals surface area contributed by atoms with Crippen LogP contribution < -0.4 is 10.6 Å². The van der Waals surface area contributed by atoms with Crippen molar-refractivity contribution in [3.63, 3.8) is 0 Å². The molecule has 0 aliphatic carbocycles. The highest BCUT2D eigenvalue weighted by atomic mass is 35.5. The number of fused-ring (bicyclic) bond motifs is 1. The molecule has 5 rings (SSSR count). The first-order valence-electron chi connectivity index (χ1n) is 13.1. The second-order valence-corrected chi connectivity index (χ2v) is 12.2. The molecular weight excluding hydrogens is 585 g/mol. The first-order valence-corrected chi connectivity index (χ1v) is 15.3. The molecule has 4 heterocycles. The quantitative estimate of drug-likeness (QED) is 0.238. The van der Waals surface area contributed by atoms with E-state index in [1.807, 2.05) is 11.8 Å². The van der Waals surface area contributed by atoms with E-state index in [1.54, 1.807) is 17.9 Å². The fraction of sp³-hybridized carbons (Fsp3) is 0.286. The summed E-state index contributed by atoms with van der Waals surface area (Å²) in [7, 11) is -3.94. The lowest BCUT2D eigenvalue weighted by Gasteiger charge is -2.40. The number of hydrogen-bond acceptors (Lipinski definition) is 9. The fourth-order valence-corrected chi connectivity index (χ4v) is 6.17. The van der Waals surface area contributed by atoms with Gasteiger partial charge in [-0.2, -0.15) is 4.98 Å². The molecule has 14 heteroatoms. The Bertz CT molecular complexity index is 1910. The van der Waals surface area contributed by atoms with Gasteiger partial charge >= 0.3 is 5.69 Å². The monoisotopic (exact) mass is 611 g/mol. The molecule has 0 N–H and O–H groups in total. The van der Waals surface area contributed by atoms with E-state index in [0.29, 0.717) is 25.0 Å². The lowest BCUT2D eigenvalue weighted by molar-refractivity contribution is -0.126. The normalized spacial score (nSPS) is 15.7. The molecule has 11 nitrogen and oxygen atoms in total. The second-order valence-electron chi connectivity index (χ2n) is 9.85. The molecule has 0 bridgehead atoms. The standard InChI is InChI=1S/C28H27ClFN7O4S/c1-5-21-24(27(32-15-31-21)42(4,40)41)37-26-18(13-19(29)23(33-26)17-9-7-8-10-20(17)30)25(34-28(37)39)36-12-11-35(14-16(36)3)22(38)6-2/h6-10,13,15-16H,2,5,11-12,14H2,1,3-4H3/t16-/m0/s1. The van der Waals surface area contributed by atoms with Gasteiger partial charge in [-0.1, -0.05) is 37.2 Å². The lowest BCUT2D eigenvalue weighted by atomic mass is 10.1. The smallest absolute Gasteiger partial charge is 0.350 e. The number of halogens is 2. The zero-order valence-corrected chi connectivity index (χ0v) is 24.7. The summed E-state index contributed by atoms with van der Waals surface area (Å²) in [5.74, 6) is -0.548. The van der Waals surface area contributed by atoms with Gasteiger partial charge in [0.1, 0.15) is 23.6 Å². The predicted octanol–water partition coefficient (Wildman–Crippen LogP) is 3.22. The number of carbonyl (C=O) groups excluding carboxylic acids is 1. The molecule has 0 unspecified atom stereocenters. The number of nitrogens with zero attached hydrogens (tertiary/aromatic N) is 7. The molecular formula is C28H27ClFN7O4S. The number of sulfone groups is 1. The van der Waals surface area contributed by atoms with E-state index in [0.717, 1.165) is 17.2 Å². The van der Waals surface area contributed by atoms with Crippen LogP contribution >= 0.6 is 11.6 Å². The molecule has 1 fully saturated rings. The Labute approximate surface area is 246 Å². The van der Waals surface area contributed by atoms with Gasteiger partial charge in [0.05, 0.1) is 21.8 Å². The third kappa shape index (κ3) is 5.13. The molecule has 0 radical (unpaired) electrons. The Morgan fingerprint density at radius 2 is 1.95 bits per heavy atom. The van der Waals surface area contributed by atoms with Crippen LogP contribution in [0, 0.1) is 5.82 Å². The predicted molar refractivity (Wildman–Crippen MR) is 157 cm³/mol. The highest BCUT2D eigenvalue weighted by Gasteiger charge is 2.31. The zero-order chi connectivity index (χ0) is 30.3. The molecule has 0 saturated carbocycles. The molecule has 1 saturated heterocycles. The molecule has 1 aromatic carbocycles. The van der Waals surface area contributed by atoms with Gasteiger partial charge in [-0.25, -0.2) is 37.1 Å². The number of pyridine rings is 1. The van der Waals surface area contributed by atoms with Crippen LogP contribution in [-0.2, 0) is 21.1 Å². The average Bonchev–Trinajstić information content (AvgIpc) is 2.96. The minimum absolute atomic E-state index is 0.00106. The first-order chi connectivity index (χ1) is 20.0. The van der Waals surface area contributed by atoms with E-state index in [1.165, 1.54) is 30.3 Å². The van der Waals surface area contributed by atoms with Crippen molar-refractivity contribution in [3.8, 4) is 16.9 Å². The Kier molecular flexibility index (Phi) is 7.82. The van der Waals surface area contributed by atoms with E-state index < -0.39 is 21.3 Å². The van der Waals surface area contributed by atoms with Gasteiger partial charge in [0.2, 0.25) is 5.91 Å². The molecule has 1 atom stereocenters. The topological polar surface area (TPSA) is 131 Å². The number of carbonyl (C=O) groups is 1. The summed E-state index contributed by atoms with van der Waals surface area (Å²) in [6.45, 7) is 8.22. The van der Waals surface area contributed by atoms with Gasteiger partial charge in [0.25, 0.3) is 0 Å². The number of aromatic nitrogens is 5. The number of piperazine rings is 1. The molecule has 1 aliphatic heterocycles. The van der Waals surface area contributed by atoms with Crippen LogP contribution in [0.5, 0.6) is 0 Å². The van der Waals surface area contributed by atoms with E-state index in [2.05, 4.69) is 26.5 Å². The van der Waals surface area contributed by atoms with Crippen molar-refractivity contribution in [3.05, 3.63) is 76.3 Å². The van der Waals surface area contributed by atoms with Gasteiger partial charge in [0, 0.05) is 37.5 Å². The number of aryl methyl sites for hydroxylation is 1. The molecule has 218 valence electrons. The summed E-state index contributed by atoms with van der Waals surface area (Å²) in [5.41, 5.74) is -0.498. The largest absolute Gasteiger partial charge is 0.356 e. The second kappa shape index (κ2) is 11.2. The number of amides is 1. The van der Waals surface area contributed by atoms with E-state index >= 15 is 0 Å². The van der Waals surface area contributed by atoms with Crippen LogP contribution in [0.4, 0.5) is 10.2 Å². The fourth-order valence-electron chi connectivity index (χ4n) is 5.12. The van der Waals surface area contributed by atoms with Crippen molar-refractivity contribution < 1.29 is 17.6 Å². The SMILES string of the molecule is C=CC(=O)N1CCN(c2nc(=O)n(-c3c(CC)ncnc3S(C)(=O)=O)c3nc(-c4ccccc4F)c(Cl)cc23)[C@@H](C)C1. The van der Waals surface area contributed by atoms with Gasteiger partial charge in [-0.3, -0.25) is 4.79 Å². The molecule has 0 spiro atoms. The summed E-state index contributed by atoms with van der Waals surface area (Å²) in [6, 6.07) is 7.18. The third-order valence-electron chi connectivity index (χ3n) is 7.09. The van der Waals surface area contributed by atoms with Crippen LogP contribution in [0.25, 0.3) is 28.0 Å². The van der Waals surface area contributed by atoms with Gasteiger partial charge < -0.3 is 9.80 Å². The summed E-state index contributed by atoms with van der Waals surface area (Å²) < 4.78 is 41.6. The summed E-state index contributed by atoms with van der Waals surface area (Å²) in [4.78, 5) is 47.0. The Morgan fingerprint density at radius 1 is 1.21 bits per heavy atom. The zero-order valence-electron chi connectivity index (χ0n) is 23.1. The Morgan fingerprint density at radius 3 is 2.60 bits per heavy atom. The van der Waals surface area contributed by atoms with E-state index in [9.17, 15) is 22.4 Å². The minimum Gasteiger partial charge on any atom is -0.350 e. The van der Waals surface area contributed by atoms with Crippen LogP contribution in [0.2, 0.25) is 5.02 Å². The van der Waals surface area contributed by atoms with Crippen molar-refractivity contribution in [2.45, 2.75) is 31.3 Å². The van der Waals surface area contributed by atoms with Gasteiger partial charge in [-0.05, 0) is 37.6 Å². The lowest BCUT2D eigenvalue weighted by Crippen LogP contribution is -2.54. The maximum Gasteiger partial charge on any atom is 0.356 e. The first kappa shape index (κ1) is 29.3. The Hall–Kier alpha value is -4.23. The van der Waals surface area contributed by atoms with Crippen molar-refractivity contribution in [2.24, 2.45) is 0 Å². The maximum absolute atomic E-state index is 14.9. The van der Waals surface area contributed by atoms with Crippen molar-refractivity contribution in [2.75, 3.05) is 30.8 Å². The molecule has 1 amide bonds. The molecule has 42 heavy (non-hydrogen) atoms. The highest BCUT2D eigenvalue weighted by molar-refractivity contribution is 7.90. The minimum atomic E-state index is -3.94. The van der Waals surface area contributed by atoms with Gasteiger partial charge in [-0.15, -0.1) is 0 Å². The van der Waals surface area contributed by atoms with Crippen LogP contribution in [0.1, 0.15) is 19.5 Å². The van der Waals surface area contributed by atoms with Gasteiger partial charge in [0.15, 0.2) is 20.5 Å². The number of benzene rings is 1. The van der Waals surface area contributed by atoms with Crippen molar-refractivity contribution >= 4 is 44.2 Å². The average molecular weight is 612 g/mol. The molecule has 3 aromatic heterocycles. The molecule has 4 aromatic rings. The summed E-state index contributed by atoms with van der Waals surface area (Å²) >= 11 is 6.69. The van der Waals surface area contributed by atoms with Crippen molar-refractivity contribution in [1.82, 2.24) is 29.4 Å². The maximum atomic E-state index is 14.9. The van der Waals surface area contributed by atoms with E-state index in [-0.39, 0.29) is 62.5 Å². The van der Waals surface area contributed by atoms with Crippen LogP contribution in [0.15, 0.2) is 59.1 Å². The number of anilines is 1. The number of rotatable bonds is 6. The summed E-state index contributed by atoms with van der Waals surface area (Å²) in [5, 5.41) is 0.0409. The Balaban J connectivity index is 1.86. The van der Waals surface area contributed by atoms with Crippen molar-refractivity contribution in [1.29, 1.82) is 0 Å². The molecule has 1 aliphatic rings. The summed E-state index contributed by atoms with van der Waals surface area (Å²) in [6.07, 6.45) is 3.61. The third-order valence-corrected chi connectivity index (χ3v) is 8.38. The van der Waals surface area contributed by atoms with Crippen LogP contribution in [-0.4, -0.2) is 75.7 Å². The van der Waals surface area contributed by atoms with E-state index in [4.69, 9.17) is 11.6 Å². The highest BCUT2D eigenvalue weighted by Crippen LogP contribution is 2.36.